The van der Waals surface area contributed by atoms with Crippen molar-refractivity contribution in [1.82, 2.24) is 20.4 Å². The van der Waals surface area contributed by atoms with E-state index < -0.39 is 0 Å². The Morgan fingerprint density at radius 1 is 1.30 bits per heavy atom. The minimum atomic E-state index is 0.0347. The van der Waals surface area contributed by atoms with Crippen molar-refractivity contribution in [3.8, 4) is 17.5 Å². The van der Waals surface area contributed by atoms with Crippen LogP contribution in [-0.4, -0.2) is 41.3 Å². The van der Waals surface area contributed by atoms with Crippen LogP contribution in [0.2, 0.25) is 0 Å². The van der Waals surface area contributed by atoms with Gasteiger partial charge in [0, 0.05) is 42.7 Å². The van der Waals surface area contributed by atoms with Crippen LogP contribution in [0.4, 0.5) is 10.9 Å². The summed E-state index contributed by atoms with van der Waals surface area (Å²) >= 11 is 1.53. The molecule has 0 saturated carbocycles. The van der Waals surface area contributed by atoms with E-state index in [9.17, 15) is 5.26 Å². The molecule has 3 aromatic rings. The molecule has 4 heterocycles. The number of fused-ring (bicyclic) bond motifs is 1. The minimum Gasteiger partial charge on any atom is -0.389 e. The predicted molar refractivity (Wildman–Crippen MR) is 115 cm³/mol. The lowest BCUT2D eigenvalue weighted by atomic mass is 9.83. The first kappa shape index (κ1) is 19.0. The molecule has 30 heavy (non-hydrogen) atoms. The third-order valence-corrected chi connectivity index (χ3v) is 6.90. The van der Waals surface area contributed by atoms with Gasteiger partial charge in [0.15, 0.2) is 5.76 Å². The van der Waals surface area contributed by atoms with Gasteiger partial charge in [0.25, 0.3) is 0 Å². The molecule has 2 aliphatic rings. The number of nitrogens with two attached hydrogens (primary N) is 1. The summed E-state index contributed by atoms with van der Waals surface area (Å²) < 4.78 is 5.68. The smallest absolute Gasteiger partial charge is 0.226 e. The van der Waals surface area contributed by atoms with Gasteiger partial charge in [0.05, 0.1) is 11.3 Å². The zero-order chi connectivity index (χ0) is 20.5. The Morgan fingerprint density at radius 3 is 3.13 bits per heavy atom. The van der Waals surface area contributed by atoms with Gasteiger partial charge in [-0.05, 0) is 43.9 Å². The van der Waals surface area contributed by atoms with Gasteiger partial charge in [0.2, 0.25) is 5.95 Å². The Morgan fingerprint density at radius 2 is 2.23 bits per heavy atom. The van der Waals surface area contributed by atoms with E-state index in [4.69, 9.17) is 15.2 Å². The minimum absolute atomic E-state index is 0.0347. The van der Waals surface area contributed by atoms with E-state index in [0.29, 0.717) is 22.3 Å². The van der Waals surface area contributed by atoms with Crippen LogP contribution >= 0.6 is 11.3 Å². The molecule has 1 aliphatic heterocycles. The number of nitrogen functional groups attached to an aromatic ring is 1. The molecule has 3 aromatic heterocycles. The zero-order valence-corrected chi connectivity index (χ0v) is 17.4. The number of nitriles is 1. The van der Waals surface area contributed by atoms with Crippen molar-refractivity contribution in [3.63, 3.8) is 0 Å². The van der Waals surface area contributed by atoms with Crippen molar-refractivity contribution in [2.75, 3.05) is 36.8 Å². The summed E-state index contributed by atoms with van der Waals surface area (Å²) in [4.78, 5) is 12.6. The van der Waals surface area contributed by atoms with Gasteiger partial charge in [-0.2, -0.15) is 5.26 Å². The number of nitrogens with one attached hydrogen (secondary N) is 1. The van der Waals surface area contributed by atoms with Crippen molar-refractivity contribution in [3.05, 3.63) is 40.0 Å². The SMILES string of the molecule is N#Cc1c(N)sc2c1C(c1cc(-c3ccnc(N4CCCNCC4)n3)on1)CCC2. The molecule has 9 heteroatoms. The van der Waals surface area contributed by atoms with Crippen LogP contribution in [0.15, 0.2) is 22.9 Å². The summed E-state index contributed by atoms with van der Waals surface area (Å²) in [5.41, 5.74) is 9.28. The fraction of sp³-hybridized carbons (Fsp3) is 0.429. The highest BCUT2D eigenvalue weighted by Gasteiger charge is 2.31. The summed E-state index contributed by atoms with van der Waals surface area (Å²) in [5, 5.41) is 17.9. The highest BCUT2D eigenvalue weighted by atomic mass is 32.1. The maximum absolute atomic E-state index is 9.59. The molecule has 154 valence electrons. The van der Waals surface area contributed by atoms with Gasteiger partial charge in [-0.3, -0.25) is 0 Å². The molecular formula is C21H23N7OS. The molecule has 3 N–H and O–H groups in total. The first-order chi connectivity index (χ1) is 14.7. The van der Waals surface area contributed by atoms with Crippen molar-refractivity contribution < 1.29 is 4.52 Å². The topological polar surface area (TPSA) is 117 Å². The van der Waals surface area contributed by atoms with E-state index in [-0.39, 0.29) is 5.92 Å². The Labute approximate surface area is 178 Å². The number of nitrogens with zero attached hydrogens (tertiary/aromatic N) is 5. The van der Waals surface area contributed by atoms with Gasteiger partial charge in [-0.25, -0.2) is 9.97 Å². The van der Waals surface area contributed by atoms with Crippen LogP contribution in [0.1, 0.15) is 46.9 Å². The maximum Gasteiger partial charge on any atom is 0.226 e. The number of thiophene rings is 1. The average Bonchev–Trinajstić information content (AvgIpc) is 3.28. The van der Waals surface area contributed by atoms with Crippen molar-refractivity contribution >= 4 is 22.3 Å². The fourth-order valence-corrected chi connectivity index (χ4v) is 5.47. The quantitative estimate of drug-likeness (QED) is 0.663. The number of hydrogen-bond donors (Lipinski definition) is 2. The van der Waals surface area contributed by atoms with Crippen LogP contribution < -0.4 is 16.0 Å². The number of rotatable bonds is 3. The van der Waals surface area contributed by atoms with Crippen molar-refractivity contribution in [2.24, 2.45) is 0 Å². The Balaban J connectivity index is 1.45. The zero-order valence-electron chi connectivity index (χ0n) is 16.6. The number of hydrogen-bond acceptors (Lipinski definition) is 9. The maximum atomic E-state index is 9.59. The van der Waals surface area contributed by atoms with Crippen molar-refractivity contribution in [1.29, 1.82) is 5.26 Å². The molecule has 1 unspecified atom stereocenters. The summed E-state index contributed by atoms with van der Waals surface area (Å²) in [5.74, 6) is 1.37. The number of anilines is 2. The van der Waals surface area contributed by atoms with E-state index in [1.54, 1.807) is 6.20 Å². The van der Waals surface area contributed by atoms with Crippen LogP contribution in [0, 0.1) is 11.3 Å². The van der Waals surface area contributed by atoms with E-state index in [1.165, 1.54) is 16.2 Å². The average molecular weight is 422 g/mol. The van der Waals surface area contributed by atoms with Gasteiger partial charge in [-0.15, -0.1) is 11.3 Å². The van der Waals surface area contributed by atoms with Gasteiger partial charge in [0.1, 0.15) is 16.8 Å². The van der Waals surface area contributed by atoms with E-state index in [2.05, 4.69) is 26.4 Å². The molecule has 1 saturated heterocycles. The number of aromatic nitrogens is 3. The highest BCUT2D eigenvalue weighted by Crippen LogP contribution is 2.45. The summed E-state index contributed by atoms with van der Waals surface area (Å²) in [6.45, 7) is 3.75. The molecule has 0 radical (unpaired) electrons. The molecule has 1 fully saturated rings. The Hall–Kier alpha value is -2.96. The summed E-state index contributed by atoms with van der Waals surface area (Å²) in [6, 6.07) is 6.08. The summed E-state index contributed by atoms with van der Waals surface area (Å²) in [7, 11) is 0. The molecule has 5 rings (SSSR count). The Kier molecular flexibility index (Phi) is 5.11. The molecule has 0 aromatic carbocycles. The van der Waals surface area contributed by atoms with Crippen molar-refractivity contribution in [2.45, 2.75) is 31.6 Å². The van der Waals surface area contributed by atoms with Crippen LogP contribution in [0.25, 0.3) is 11.5 Å². The first-order valence-electron chi connectivity index (χ1n) is 10.3. The second kappa shape index (κ2) is 8.05. The van der Waals surface area contributed by atoms with Gasteiger partial charge < -0.3 is 20.5 Å². The van der Waals surface area contributed by atoms with E-state index in [1.807, 2.05) is 12.1 Å². The van der Waals surface area contributed by atoms with Gasteiger partial charge in [-0.1, -0.05) is 5.16 Å². The normalized spacial score (nSPS) is 19.2. The second-order valence-corrected chi connectivity index (χ2v) is 8.82. The largest absolute Gasteiger partial charge is 0.389 e. The molecule has 1 aliphatic carbocycles. The monoisotopic (exact) mass is 421 g/mol. The van der Waals surface area contributed by atoms with Crippen LogP contribution in [0.3, 0.4) is 0 Å². The lowest BCUT2D eigenvalue weighted by molar-refractivity contribution is 0.414. The third kappa shape index (κ3) is 3.42. The Bertz CT molecular complexity index is 1090. The van der Waals surface area contributed by atoms with E-state index in [0.717, 1.165) is 68.8 Å². The standard InChI is InChI=1S/C21H23N7OS/c22-12-14-19-13(3-1-4-18(19)30-20(14)23)16-11-17(29-27-16)15-5-7-25-21(26-15)28-9-2-6-24-8-10-28/h5,7,11,13,24H,1-4,6,8-10,23H2. The molecule has 1 atom stereocenters. The van der Waals surface area contributed by atoms with E-state index >= 15 is 0 Å². The highest BCUT2D eigenvalue weighted by molar-refractivity contribution is 7.16. The molecule has 0 spiro atoms. The lowest BCUT2D eigenvalue weighted by Gasteiger charge is -2.20. The molecule has 0 bridgehead atoms. The molecule has 8 nitrogen and oxygen atoms in total. The first-order valence-corrected chi connectivity index (χ1v) is 11.1. The second-order valence-electron chi connectivity index (χ2n) is 7.68. The summed E-state index contributed by atoms with van der Waals surface area (Å²) in [6.07, 6.45) is 5.78. The molecule has 0 amide bonds. The van der Waals surface area contributed by atoms with Crippen LogP contribution in [0.5, 0.6) is 0 Å². The molecular weight excluding hydrogens is 398 g/mol. The lowest BCUT2D eigenvalue weighted by Crippen LogP contribution is -2.29. The van der Waals surface area contributed by atoms with Crippen LogP contribution in [-0.2, 0) is 6.42 Å². The predicted octanol–water partition coefficient (Wildman–Crippen LogP) is 2.91. The van der Waals surface area contributed by atoms with Gasteiger partial charge >= 0.3 is 0 Å². The third-order valence-electron chi connectivity index (χ3n) is 5.81. The fourth-order valence-electron chi connectivity index (χ4n) is 4.34. The number of aryl methyl sites for hydroxylation is 1.